The van der Waals surface area contributed by atoms with E-state index < -0.39 is 17.1 Å². The third kappa shape index (κ3) is 3.11. The third-order valence-electron chi connectivity index (χ3n) is 4.32. The molecule has 3 N–H and O–H groups in total. The Labute approximate surface area is 151 Å². The molecule has 7 heteroatoms. The van der Waals surface area contributed by atoms with Crippen molar-refractivity contribution in [2.24, 2.45) is 5.41 Å². The Balaban J connectivity index is 2.90. The summed E-state index contributed by atoms with van der Waals surface area (Å²) in [6.45, 7) is 9.36. The van der Waals surface area contributed by atoms with E-state index in [0.29, 0.717) is 27.6 Å². The first-order valence-electron chi connectivity index (χ1n) is 7.96. The van der Waals surface area contributed by atoms with Gasteiger partial charge in [-0.2, -0.15) is 5.26 Å². The summed E-state index contributed by atoms with van der Waals surface area (Å²) in [7, 11) is 0. The molecule has 132 valence electrons. The van der Waals surface area contributed by atoms with E-state index in [4.69, 9.17) is 10.5 Å². The summed E-state index contributed by atoms with van der Waals surface area (Å²) in [5.41, 5.74) is 3.73. The highest BCUT2D eigenvalue weighted by Gasteiger charge is 2.59. The Hall–Kier alpha value is -2.06. The second-order valence-electron chi connectivity index (χ2n) is 5.97. The van der Waals surface area contributed by atoms with E-state index in [1.54, 1.807) is 6.92 Å². The molecule has 2 heterocycles. The number of anilines is 1. The SMILES string of the molecule is C=c1c(N)ncnc1=C(SCC)C1(C#N)OC(CO)CC1(C)C#CC. The Morgan fingerprint density at radius 3 is 2.88 bits per heavy atom. The molecule has 1 aromatic rings. The predicted octanol–water partition coefficient (Wildman–Crippen LogP) is 0.404. The van der Waals surface area contributed by atoms with E-state index in [9.17, 15) is 10.4 Å². The molecule has 0 aromatic carbocycles. The van der Waals surface area contributed by atoms with Crippen molar-refractivity contribution in [3.63, 3.8) is 0 Å². The molecule has 0 bridgehead atoms. The lowest BCUT2D eigenvalue weighted by Crippen LogP contribution is -2.47. The molecule has 3 unspecified atom stereocenters. The zero-order chi connectivity index (χ0) is 18.7. The number of nitrogens with zero attached hydrogens (tertiary/aromatic N) is 3. The van der Waals surface area contributed by atoms with E-state index in [2.05, 4.69) is 34.5 Å². The molecule has 2 rings (SSSR count). The van der Waals surface area contributed by atoms with Crippen LogP contribution in [0.1, 0.15) is 27.2 Å². The molecule has 6 nitrogen and oxygen atoms in total. The molecule has 0 aliphatic carbocycles. The summed E-state index contributed by atoms with van der Waals surface area (Å²) in [4.78, 5) is 8.88. The van der Waals surface area contributed by atoms with Crippen LogP contribution in [0.4, 0.5) is 5.82 Å². The minimum Gasteiger partial charge on any atom is -0.394 e. The molecule has 1 aliphatic heterocycles. The van der Waals surface area contributed by atoms with Crippen LogP contribution in [-0.4, -0.2) is 39.1 Å². The summed E-state index contributed by atoms with van der Waals surface area (Å²) in [6, 6.07) is 2.32. The van der Waals surface area contributed by atoms with Crippen LogP contribution in [0.15, 0.2) is 6.33 Å². The normalized spacial score (nSPS) is 29.5. The molecular formula is C18H22N4O2S. The molecule has 25 heavy (non-hydrogen) atoms. The van der Waals surface area contributed by atoms with Gasteiger partial charge < -0.3 is 15.6 Å². The Bertz CT molecular complexity index is 870. The van der Waals surface area contributed by atoms with E-state index in [1.807, 2.05) is 13.8 Å². The lowest BCUT2D eigenvalue weighted by Gasteiger charge is -2.34. The topological polar surface area (TPSA) is 105 Å². The highest BCUT2D eigenvalue weighted by molar-refractivity contribution is 8.08. The molecule has 3 atom stereocenters. The predicted molar refractivity (Wildman–Crippen MR) is 99.2 cm³/mol. The fraction of sp³-hybridized carbons (Fsp3) is 0.500. The molecular weight excluding hydrogens is 336 g/mol. The average Bonchev–Trinajstić information content (AvgIpc) is 2.88. The molecule has 1 saturated heterocycles. The highest BCUT2D eigenvalue weighted by atomic mass is 32.2. The largest absolute Gasteiger partial charge is 0.394 e. The van der Waals surface area contributed by atoms with Crippen molar-refractivity contribution in [3.05, 3.63) is 16.9 Å². The lowest BCUT2D eigenvalue weighted by atomic mass is 9.73. The maximum atomic E-state index is 10.2. The van der Waals surface area contributed by atoms with Crippen molar-refractivity contribution in [2.45, 2.75) is 38.9 Å². The average molecular weight is 358 g/mol. The van der Waals surface area contributed by atoms with Crippen molar-refractivity contribution in [3.8, 4) is 17.9 Å². The van der Waals surface area contributed by atoms with Crippen LogP contribution in [0, 0.1) is 28.6 Å². The van der Waals surface area contributed by atoms with Gasteiger partial charge in [-0.05, 0) is 26.0 Å². The van der Waals surface area contributed by atoms with Crippen LogP contribution in [0.3, 0.4) is 0 Å². The van der Waals surface area contributed by atoms with Crippen LogP contribution < -0.4 is 16.3 Å². The zero-order valence-electron chi connectivity index (χ0n) is 14.7. The van der Waals surface area contributed by atoms with Gasteiger partial charge in [0.2, 0.25) is 5.60 Å². The minimum absolute atomic E-state index is 0.183. The molecule has 1 aromatic heterocycles. The number of nitrogen functional groups attached to an aromatic ring is 1. The Morgan fingerprint density at radius 2 is 2.32 bits per heavy atom. The van der Waals surface area contributed by atoms with Gasteiger partial charge in [-0.25, -0.2) is 9.97 Å². The third-order valence-corrected chi connectivity index (χ3v) is 5.38. The quantitative estimate of drug-likeness (QED) is 0.751. The van der Waals surface area contributed by atoms with Crippen LogP contribution in [0.2, 0.25) is 0 Å². The first kappa shape index (κ1) is 19.3. The van der Waals surface area contributed by atoms with E-state index in [0.717, 1.165) is 0 Å². The number of nitriles is 1. The molecule has 1 aliphatic rings. The second-order valence-corrected chi connectivity index (χ2v) is 7.25. The summed E-state index contributed by atoms with van der Waals surface area (Å²) in [5, 5.41) is 20.7. The van der Waals surface area contributed by atoms with Gasteiger partial charge in [0, 0.05) is 5.22 Å². The molecule has 0 radical (unpaired) electrons. The van der Waals surface area contributed by atoms with E-state index in [1.165, 1.54) is 18.1 Å². The van der Waals surface area contributed by atoms with E-state index >= 15 is 0 Å². The van der Waals surface area contributed by atoms with Crippen LogP contribution >= 0.6 is 11.8 Å². The standard InChI is InChI=1S/C18H22N4O2S/c1-5-7-17(4)8-13(9-23)24-18(17,10-19)15(25-6-2)14-12(3)16(20)22-11-21-14/h11,13,23H,3,6,8-9H2,1-2,4H3,(H2,20,21,22). The van der Waals surface area contributed by atoms with Crippen molar-refractivity contribution >= 4 is 29.1 Å². The number of aliphatic hydroxyl groups is 1. The number of hydrogen-bond acceptors (Lipinski definition) is 7. The minimum atomic E-state index is -1.36. The summed E-state index contributed by atoms with van der Waals surface area (Å²) in [5.74, 6) is 6.99. The zero-order valence-corrected chi connectivity index (χ0v) is 15.5. The monoisotopic (exact) mass is 358 g/mol. The smallest absolute Gasteiger partial charge is 0.204 e. The number of rotatable bonds is 4. The number of hydrogen-bond donors (Lipinski definition) is 2. The van der Waals surface area contributed by atoms with Crippen LogP contribution in [0.5, 0.6) is 0 Å². The van der Waals surface area contributed by atoms with Gasteiger partial charge in [-0.1, -0.05) is 19.4 Å². The molecule has 0 spiro atoms. The van der Waals surface area contributed by atoms with Crippen LogP contribution in [0.25, 0.3) is 11.5 Å². The van der Waals surface area contributed by atoms with Gasteiger partial charge in [0.15, 0.2) is 0 Å². The number of nitrogens with two attached hydrogens (primary N) is 1. The summed E-state index contributed by atoms with van der Waals surface area (Å²) in [6.07, 6.45) is 1.31. The van der Waals surface area contributed by atoms with Gasteiger partial charge in [-0.3, -0.25) is 0 Å². The van der Waals surface area contributed by atoms with Gasteiger partial charge in [0.1, 0.15) is 18.2 Å². The van der Waals surface area contributed by atoms with Crippen molar-refractivity contribution in [2.75, 3.05) is 18.1 Å². The van der Waals surface area contributed by atoms with E-state index in [-0.39, 0.29) is 12.4 Å². The number of aliphatic hydroxyl groups excluding tert-OH is 1. The fourth-order valence-corrected chi connectivity index (χ4v) is 4.27. The van der Waals surface area contributed by atoms with Gasteiger partial charge in [0.05, 0.1) is 28.4 Å². The van der Waals surface area contributed by atoms with Gasteiger partial charge in [0.25, 0.3) is 0 Å². The molecule has 0 saturated carbocycles. The maximum absolute atomic E-state index is 10.2. The Kier molecular flexibility index (Phi) is 5.74. The van der Waals surface area contributed by atoms with Crippen molar-refractivity contribution in [1.82, 2.24) is 9.97 Å². The van der Waals surface area contributed by atoms with Gasteiger partial charge >= 0.3 is 0 Å². The number of thioether (sulfide) groups is 1. The number of aromatic nitrogens is 2. The van der Waals surface area contributed by atoms with Crippen LogP contribution in [-0.2, 0) is 4.74 Å². The highest BCUT2D eigenvalue weighted by Crippen LogP contribution is 2.53. The summed E-state index contributed by atoms with van der Waals surface area (Å²) < 4.78 is 6.08. The maximum Gasteiger partial charge on any atom is 0.204 e. The number of ether oxygens (including phenoxy) is 1. The molecule has 0 amide bonds. The molecule has 1 fully saturated rings. The first-order chi connectivity index (χ1) is 11.9. The Morgan fingerprint density at radius 1 is 1.60 bits per heavy atom. The fourth-order valence-electron chi connectivity index (χ4n) is 3.14. The van der Waals surface area contributed by atoms with Gasteiger partial charge in [-0.15, -0.1) is 17.7 Å². The summed E-state index contributed by atoms with van der Waals surface area (Å²) >= 11 is 1.45. The second kappa shape index (κ2) is 7.45. The van der Waals surface area contributed by atoms with Crippen molar-refractivity contribution < 1.29 is 9.84 Å². The first-order valence-corrected chi connectivity index (χ1v) is 8.94. The van der Waals surface area contributed by atoms with Crippen molar-refractivity contribution in [1.29, 1.82) is 5.26 Å². The lowest BCUT2D eigenvalue weighted by molar-refractivity contribution is -0.00838.